The van der Waals surface area contributed by atoms with E-state index in [0.717, 1.165) is 6.26 Å². The smallest absolute Gasteiger partial charge is 0.236 e. The molecule has 6 heteroatoms. The molecule has 1 aromatic carbocycles. The van der Waals surface area contributed by atoms with Gasteiger partial charge in [-0.15, -0.1) is 0 Å². The van der Waals surface area contributed by atoms with Crippen LogP contribution in [-0.4, -0.2) is 30.1 Å². The third-order valence-electron chi connectivity index (χ3n) is 2.51. The summed E-state index contributed by atoms with van der Waals surface area (Å²) in [5, 5.41) is 0. The molecule has 2 rings (SSSR count). The number of hydrogen-bond acceptors (Lipinski definition) is 4. The largest absolute Gasteiger partial charge is 0.276 e. The summed E-state index contributed by atoms with van der Waals surface area (Å²) in [5.41, 5.74) is 0.499. The van der Waals surface area contributed by atoms with E-state index in [1.165, 1.54) is 29.4 Å². The highest BCUT2D eigenvalue weighted by Crippen LogP contribution is 2.16. The summed E-state index contributed by atoms with van der Waals surface area (Å²) in [4.78, 5) is 15.9. The molecule has 0 spiro atoms. The van der Waals surface area contributed by atoms with Gasteiger partial charge in [0.05, 0.1) is 11.3 Å². The van der Waals surface area contributed by atoms with Crippen LogP contribution in [-0.2, 0) is 16.3 Å². The van der Waals surface area contributed by atoms with Crippen molar-refractivity contribution >= 4 is 15.7 Å². The minimum atomic E-state index is -3.33. The second-order valence-corrected chi connectivity index (χ2v) is 5.90. The van der Waals surface area contributed by atoms with Crippen molar-refractivity contribution in [3.63, 3.8) is 0 Å². The van der Waals surface area contributed by atoms with Crippen LogP contribution in [0.1, 0.15) is 10.4 Å². The number of hydrogen-bond donors (Lipinski definition) is 0. The second kappa shape index (κ2) is 4.73. The Morgan fingerprint density at radius 3 is 2.67 bits per heavy atom. The van der Waals surface area contributed by atoms with Crippen molar-refractivity contribution < 1.29 is 13.2 Å². The molecule has 0 N–H and O–H groups in total. The van der Waals surface area contributed by atoms with E-state index in [0.29, 0.717) is 5.56 Å². The summed E-state index contributed by atoms with van der Waals surface area (Å²) in [5.74, 6) is -0.219. The lowest BCUT2D eigenvalue weighted by Crippen LogP contribution is -2.13. The third-order valence-corrected chi connectivity index (χ3v) is 3.70. The Morgan fingerprint density at radius 1 is 1.33 bits per heavy atom. The molecule has 0 saturated heterocycles. The molecule has 0 atom stereocenters. The van der Waals surface area contributed by atoms with Gasteiger partial charge in [0.15, 0.2) is 9.84 Å². The van der Waals surface area contributed by atoms with Gasteiger partial charge in [0.25, 0.3) is 0 Å². The molecule has 0 saturated carbocycles. The lowest BCUT2D eigenvalue weighted by molar-refractivity contribution is 0.0913. The summed E-state index contributed by atoms with van der Waals surface area (Å²) < 4.78 is 24.5. The van der Waals surface area contributed by atoms with Crippen molar-refractivity contribution in [3.8, 4) is 0 Å². The minimum absolute atomic E-state index is 0.0274. The lowest BCUT2D eigenvalue weighted by Gasteiger charge is -2.07. The van der Waals surface area contributed by atoms with E-state index in [9.17, 15) is 13.2 Å². The van der Waals surface area contributed by atoms with Crippen molar-refractivity contribution in [1.82, 2.24) is 9.55 Å². The number of rotatable bonds is 3. The van der Waals surface area contributed by atoms with Crippen molar-refractivity contribution in [1.29, 1.82) is 0 Å². The predicted octanol–water partition coefficient (Wildman–Crippen LogP) is 1.17. The van der Waals surface area contributed by atoms with Gasteiger partial charge < -0.3 is 0 Å². The highest BCUT2D eigenvalue weighted by atomic mass is 32.2. The first-order valence-corrected chi connectivity index (χ1v) is 7.17. The number of carbonyl (C=O) groups excluding carboxylic acids is 1. The monoisotopic (exact) mass is 264 g/mol. The first-order valence-electron chi connectivity index (χ1n) is 5.27. The molecule has 0 unspecified atom stereocenters. The van der Waals surface area contributed by atoms with E-state index in [4.69, 9.17) is 0 Å². The molecule has 0 radical (unpaired) electrons. The Kier molecular flexibility index (Phi) is 3.29. The van der Waals surface area contributed by atoms with E-state index in [-0.39, 0.29) is 17.2 Å². The fourth-order valence-corrected chi connectivity index (χ4v) is 2.61. The Hall–Kier alpha value is -1.95. The SMILES string of the molecule is CS(=O)(=O)c1ccccc1CC(=O)n1ccnc1. The highest BCUT2D eigenvalue weighted by molar-refractivity contribution is 7.90. The van der Waals surface area contributed by atoms with Crippen LogP contribution >= 0.6 is 0 Å². The molecule has 0 aliphatic heterocycles. The molecular weight excluding hydrogens is 252 g/mol. The Labute approximate surface area is 105 Å². The Morgan fingerprint density at radius 2 is 2.06 bits per heavy atom. The minimum Gasteiger partial charge on any atom is -0.276 e. The van der Waals surface area contributed by atoms with E-state index in [1.54, 1.807) is 18.2 Å². The van der Waals surface area contributed by atoms with Gasteiger partial charge in [-0.2, -0.15) is 0 Å². The normalized spacial score (nSPS) is 11.4. The topological polar surface area (TPSA) is 69.0 Å². The number of aromatic nitrogens is 2. The van der Waals surface area contributed by atoms with Gasteiger partial charge in [0.2, 0.25) is 5.91 Å². The first kappa shape index (κ1) is 12.5. The van der Waals surface area contributed by atoms with Crippen LogP contribution in [0.4, 0.5) is 0 Å². The van der Waals surface area contributed by atoms with E-state index >= 15 is 0 Å². The summed E-state index contributed by atoms with van der Waals surface area (Å²) in [6.45, 7) is 0. The number of nitrogens with zero attached hydrogens (tertiary/aromatic N) is 2. The standard InChI is InChI=1S/C12H12N2O3S/c1-18(16,17)11-5-3-2-4-10(11)8-12(15)14-7-6-13-9-14/h2-7,9H,8H2,1H3. The van der Waals surface area contributed by atoms with E-state index in [1.807, 2.05) is 0 Å². The van der Waals surface area contributed by atoms with E-state index in [2.05, 4.69) is 4.98 Å². The summed E-state index contributed by atoms with van der Waals surface area (Å²) in [6, 6.07) is 6.50. The predicted molar refractivity (Wildman–Crippen MR) is 66.1 cm³/mol. The first-order chi connectivity index (χ1) is 8.48. The molecule has 0 aliphatic carbocycles. The van der Waals surface area contributed by atoms with Gasteiger partial charge >= 0.3 is 0 Å². The number of imidazole rings is 1. The number of carbonyl (C=O) groups is 1. The molecule has 2 aromatic rings. The second-order valence-electron chi connectivity index (χ2n) is 3.92. The quantitative estimate of drug-likeness (QED) is 0.834. The maximum atomic E-state index is 11.9. The molecule has 0 aliphatic rings. The van der Waals surface area contributed by atoms with Gasteiger partial charge in [0.1, 0.15) is 6.33 Å². The van der Waals surface area contributed by atoms with Crippen LogP contribution < -0.4 is 0 Å². The van der Waals surface area contributed by atoms with Gasteiger partial charge in [-0.1, -0.05) is 18.2 Å². The molecule has 1 heterocycles. The molecule has 18 heavy (non-hydrogen) atoms. The Balaban J connectivity index is 2.33. The van der Waals surface area contributed by atoms with E-state index < -0.39 is 9.84 Å². The zero-order valence-electron chi connectivity index (χ0n) is 9.78. The average molecular weight is 264 g/mol. The van der Waals surface area contributed by atoms with Crippen molar-refractivity contribution in [2.45, 2.75) is 11.3 Å². The summed E-state index contributed by atoms with van der Waals surface area (Å²) in [6.07, 6.45) is 5.59. The van der Waals surface area contributed by atoms with Gasteiger partial charge in [0, 0.05) is 18.6 Å². The highest BCUT2D eigenvalue weighted by Gasteiger charge is 2.15. The molecule has 0 bridgehead atoms. The number of sulfone groups is 1. The molecule has 1 aromatic heterocycles. The van der Waals surface area contributed by atoms with Crippen LogP contribution in [0.2, 0.25) is 0 Å². The van der Waals surface area contributed by atoms with Crippen LogP contribution in [0, 0.1) is 0 Å². The van der Waals surface area contributed by atoms with Crippen LogP contribution in [0.5, 0.6) is 0 Å². The van der Waals surface area contributed by atoms with Crippen LogP contribution in [0.25, 0.3) is 0 Å². The fraction of sp³-hybridized carbons (Fsp3) is 0.167. The molecule has 0 fully saturated rings. The van der Waals surface area contributed by atoms with Crippen molar-refractivity contribution in [3.05, 3.63) is 48.5 Å². The van der Waals surface area contributed by atoms with Gasteiger partial charge in [-0.05, 0) is 11.6 Å². The van der Waals surface area contributed by atoms with Crippen LogP contribution in [0.3, 0.4) is 0 Å². The number of benzene rings is 1. The maximum Gasteiger partial charge on any atom is 0.236 e. The lowest BCUT2D eigenvalue weighted by atomic mass is 10.1. The Bertz CT molecular complexity index is 660. The zero-order chi connectivity index (χ0) is 13.2. The third kappa shape index (κ3) is 2.65. The van der Waals surface area contributed by atoms with Crippen molar-refractivity contribution in [2.75, 3.05) is 6.26 Å². The molecule has 0 amide bonds. The van der Waals surface area contributed by atoms with Gasteiger partial charge in [-0.25, -0.2) is 13.4 Å². The van der Waals surface area contributed by atoms with Gasteiger partial charge in [-0.3, -0.25) is 9.36 Å². The average Bonchev–Trinajstić information content (AvgIpc) is 2.81. The fourth-order valence-electron chi connectivity index (χ4n) is 1.67. The summed E-state index contributed by atoms with van der Waals surface area (Å²) in [7, 11) is -3.33. The van der Waals surface area contributed by atoms with Crippen molar-refractivity contribution in [2.24, 2.45) is 0 Å². The molecule has 5 nitrogen and oxygen atoms in total. The molecular formula is C12H12N2O3S. The maximum absolute atomic E-state index is 11.9. The summed E-state index contributed by atoms with van der Waals surface area (Å²) >= 11 is 0. The van der Waals surface area contributed by atoms with Crippen LogP contribution in [0.15, 0.2) is 47.9 Å². The zero-order valence-corrected chi connectivity index (χ0v) is 10.6. The molecule has 94 valence electrons.